The van der Waals surface area contributed by atoms with Crippen molar-refractivity contribution in [2.75, 3.05) is 17.2 Å². The Hall–Kier alpha value is -2.05. The Bertz CT molecular complexity index is 758. The van der Waals surface area contributed by atoms with E-state index >= 15 is 0 Å². The number of urea groups is 1. The average molecular weight is 367 g/mol. The van der Waals surface area contributed by atoms with E-state index in [-0.39, 0.29) is 6.61 Å². The van der Waals surface area contributed by atoms with Crippen molar-refractivity contribution in [3.05, 3.63) is 45.3 Å². The largest absolute Gasteiger partial charge is 0.462 e. The van der Waals surface area contributed by atoms with E-state index in [1.807, 2.05) is 13.8 Å². The Kier molecular flexibility index (Phi) is 6.23. The van der Waals surface area contributed by atoms with E-state index in [0.29, 0.717) is 27.7 Å². The first-order valence-electron chi connectivity index (χ1n) is 7.59. The average Bonchev–Trinajstić information content (AvgIpc) is 2.82. The fourth-order valence-corrected chi connectivity index (χ4v) is 3.66. The van der Waals surface area contributed by atoms with Crippen molar-refractivity contribution in [2.24, 2.45) is 0 Å². The number of carbonyl (C=O) groups is 2. The number of benzene rings is 1. The van der Waals surface area contributed by atoms with Gasteiger partial charge in [0.2, 0.25) is 0 Å². The number of aryl methyl sites for hydroxylation is 1. The smallest absolute Gasteiger partial charge is 0.341 e. The fraction of sp³-hybridized carbons (Fsp3) is 0.294. The molecule has 2 amide bonds. The Morgan fingerprint density at radius 1 is 1.25 bits per heavy atom. The van der Waals surface area contributed by atoms with Gasteiger partial charge in [0.05, 0.1) is 12.2 Å². The van der Waals surface area contributed by atoms with Gasteiger partial charge in [-0.05, 0) is 44.0 Å². The van der Waals surface area contributed by atoms with Crippen LogP contribution in [-0.2, 0) is 11.2 Å². The second kappa shape index (κ2) is 8.17. The lowest BCUT2D eigenvalue weighted by Gasteiger charge is -2.09. The topological polar surface area (TPSA) is 67.4 Å². The summed E-state index contributed by atoms with van der Waals surface area (Å²) in [4.78, 5) is 25.4. The number of anilines is 2. The van der Waals surface area contributed by atoms with Crippen LogP contribution >= 0.6 is 22.9 Å². The van der Waals surface area contributed by atoms with Crippen LogP contribution in [0.3, 0.4) is 0 Å². The number of hydrogen-bond acceptors (Lipinski definition) is 4. The maximum atomic E-state index is 12.2. The van der Waals surface area contributed by atoms with Crippen LogP contribution in [0.25, 0.3) is 0 Å². The molecule has 24 heavy (non-hydrogen) atoms. The zero-order valence-electron chi connectivity index (χ0n) is 13.7. The molecule has 0 spiro atoms. The first-order chi connectivity index (χ1) is 11.5. The summed E-state index contributed by atoms with van der Waals surface area (Å²) in [6.07, 6.45) is 0.689. The number of hydrogen-bond donors (Lipinski definition) is 2. The quantitative estimate of drug-likeness (QED) is 0.724. The van der Waals surface area contributed by atoms with Gasteiger partial charge in [0.15, 0.2) is 0 Å². The van der Waals surface area contributed by atoms with Crippen LogP contribution in [0.1, 0.15) is 34.6 Å². The molecule has 1 aromatic heterocycles. The minimum Gasteiger partial charge on any atom is -0.462 e. The Morgan fingerprint density at radius 3 is 2.62 bits per heavy atom. The molecule has 0 radical (unpaired) electrons. The van der Waals surface area contributed by atoms with Gasteiger partial charge in [-0.1, -0.05) is 24.6 Å². The van der Waals surface area contributed by atoms with Crippen molar-refractivity contribution in [3.63, 3.8) is 0 Å². The van der Waals surface area contributed by atoms with Crippen molar-refractivity contribution in [1.29, 1.82) is 0 Å². The van der Waals surface area contributed by atoms with Crippen molar-refractivity contribution in [2.45, 2.75) is 27.2 Å². The third kappa shape index (κ3) is 4.27. The third-order valence-corrected chi connectivity index (χ3v) is 4.65. The monoisotopic (exact) mass is 366 g/mol. The maximum Gasteiger partial charge on any atom is 0.341 e. The van der Waals surface area contributed by atoms with Gasteiger partial charge < -0.3 is 10.1 Å². The van der Waals surface area contributed by atoms with Crippen molar-refractivity contribution in [3.8, 4) is 0 Å². The summed E-state index contributed by atoms with van der Waals surface area (Å²) >= 11 is 7.27. The first-order valence-corrected chi connectivity index (χ1v) is 8.78. The molecule has 2 N–H and O–H groups in total. The van der Waals surface area contributed by atoms with Gasteiger partial charge in [0.1, 0.15) is 5.00 Å². The number of carbonyl (C=O) groups excluding carboxylic acids is 2. The van der Waals surface area contributed by atoms with Crippen molar-refractivity contribution >= 4 is 45.6 Å². The number of thiophene rings is 1. The normalized spacial score (nSPS) is 10.3. The van der Waals surface area contributed by atoms with E-state index in [2.05, 4.69) is 10.6 Å². The van der Waals surface area contributed by atoms with Crippen molar-refractivity contribution in [1.82, 2.24) is 0 Å². The Balaban J connectivity index is 2.22. The molecule has 0 atom stereocenters. The van der Waals surface area contributed by atoms with Gasteiger partial charge >= 0.3 is 12.0 Å². The zero-order chi connectivity index (χ0) is 17.7. The number of amides is 2. The minimum absolute atomic E-state index is 0.283. The molecule has 0 aliphatic rings. The standard InChI is InChI=1S/C17H19ClN2O3S/c1-4-13-10(3)24-15(14(13)16(21)23-5-2)20-17(22)19-12-8-6-7-11(18)9-12/h6-9H,4-5H2,1-3H3,(H2,19,20,22). The Labute approximate surface area is 150 Å². The highest BCUT2D eigenvalue weighted by atomic mass is 35.5. The summed E-state index contributed by atoms with van der Waals surface area (Å²) in [6.45, 7) is 5.92. The summed E-state index contributed by atoms with van der Waals surface area (Å²) in [6, 6.07) is 6.40. The minimum atomic E-state index is -0.438. The second-order valence-corrected chi connectivity index (χ2v) is 6.67. The first kappa shape index (κ1) is 18.3. The number of rotatable bonds is 5. The van der Waals surface area contributed by atoms with Crippen LogP contribution in [0.5, 0.6) is 0 Å². The SMILES string of the molecule is CCOC(=O)c1c(NC(=O)Nc2cccc(Cl)c2)sc(C)c1CC. The number of esters is 1. The lowest BCUT2D eigenvalue weighted by Crippen LogP contribution is -2.20. The highest BCUT2D eigenvalue weighted by molar-refractivity contribution is 7.16. The van der Waals surface area contributed by atoms with Gasteiger partial charge in [0.25, 0.3) is 0 Å². The molecule has 1 heterocycles. The molecule has 0 saturated heterocycles. The molecule has 7 heteroatoms. The number of halogens is 1. The molecule has 1 aromatic carbocycles. The summed E-state index contributed by atoms with van der Waals surface area (Å²) in [5, 5.41) is 6.45. The molecule has 0 fully saturated rings. The predicted octanol–water partition coefficient (Wildman–Crippen LogP) is 5.09. The van der Waals surface area contributed by atoms with E-state index in [4.69, 9.17) is 16.3 Å². The molecule has 5 nitrogen and oxygen atoms in total. The highest BCUT2D eigenvalue weighted by Gasteiger charge is 2.23. The fourth-order valence-electron chi connectivity index (χ4n) is 2.34. The van der Waals surface area contributed by atoms with E-state index < -0.39 is 12.0 Å². The molecule has 0 aliphatic heterocycles. The summed E-state index contributed by atoms with van der Waals surface area (Å²) in [7, 11) is 0. The van der Waals surface area contributed by atoms with Crippen LogP contribution in [0.2, 0.25) is 5.02 Å². The molecule has 0 aliphatic carbocycles. The molecule has 0 saturated carbocycles. The van der Waals surface area contributed by atoms with E-state index in [1.165, 1.54) is 11.3 Å². The third-order valence-electron chi connectivity index (χ3n) is 3.35. The van der Waals surface area contributed by atoms with Crippen LogP contribution in [0.15, 0.2) is 24.3 Å². The molecule has 128 valence electrons. The van der Waals surface area contributed by atoms with Crippen LogP contribution in [0.4, 0.5) is 15.5 Å². The highest BCUT2D eigenvalue weighted by Crippen LogP contribution is 2.34. The second-order valence-electron chi connectivity index (χ2n) is 5.00. The van der Waals surface area contributed by atoms with Crippen LogP contribution in [0, 0.1) is 6.92 Å². The molecule has 2 rings (SSSR count). The van der Waals surface area contributed by atoms with Crippen LogP contribution < -0.4 is 10.6 Å². The number of ether oxygens (including phenoxy) is 1. The van der Waals surface area contributed by atoms with E-state index in [9.17, 15) is 9.59 Å². The van der Waals surface area contributed by atoms with Gasteiger partial charge in [-0.2, -0.15) is 0 Å². The molecule has 0 bridgehead atoms. The van der Waals surface area contributed by atoms with Gasteiger partial charge in [-0.25, -0.2) is 9.59 Å². The predicted molar refractivity (Wildman–Crippen MR) is 98.5 cm³/mol. The van der Waals surface area contributed by atoms with Gasteiger partial charge in [0, 0.05) is 15.6 Å². The Morgan fingerprint density at radius 2 is 2.00 bits per heavy atom. The zero-order valence-corrected chi connectivity index (χ0v) is 15.3. The lowest BCUT2D eigenvalue weighted by molar-refractivity contribution is 0.0527. The summed E-state index contributed by atoms with van der Waals surface area (Å²) in [5.74, 6) is -0.420. The van der Waals surface area contributed by atoms with Gasteiger partial charge in [-0.15, -0.1) is 11.3 Å². The van der Waals surface area contributed by atoms with Crippen LogP contribution in [-0.4, -0.2) is 18.6 Å². The van der Waals surface area contributed by atoms with E-state index in [0.717, 1.165) is 10.4 Å². The molecular weight excluding hydrogens is 348 g/mol. The maximum absolute atomic E-state index is 12.2. The van der Waals surface area contributed by atoms with E-state index in [1.54, 1.807) is 31.2 Å². The number of nitrogens with one attached hydrogen (secondary N) is 2. The molecule has 0 unspecified atom stereocenters. The van der Waals surface area contributed by atoms with Crippen molar-refractivity contribution < 1.29 is 14.3 Å². The molecule has 2 aromatic rings. The summed E-state index contributed by atoms with van der Waals surface area (Å²) in [5.41, 5.74) is 1.90. The van der Waals surface area contributed by atoms with Gasteiger partial charge in [-0.3, -0.25) is 5.32 Å². The molecular formula is C17H19ClN2O3S. The lowest BCUT2D eigenvalue weighted by atomic mass is 10.1. The summed E-state index contributed by atoms with van der Waals surface area (Å²) < 4.78 is 5.12.